The van der Waals surface area contributed by atoms with Crippen LogP contribution in [0.3, 0.4) is 0 Å². The van der Waals surface area contributed by atoms with Gasteiger partial charge in [-0.25, -0.2) is 0 Å². The molecule has 1 heterocycles. The minimum absolute atomic E-state index is 0.176. The number of allylic oxidation sites excluding steroid dienone is 2. The molecule has 0 unspecified atom stereocenters. The molecule has 0 aromatic carbocycles. The molecule has 1 aromatic rings. The van der Waals surface area contributed by atoms with Gasteiger partial charge in [-0.1, -0.05) is 32.3 Å². The molecule has 1 aromatic heterocycles. The summed E-state index contributed by atoms with van der Waals surface area (Å²) in [5.41, 5.74) is 2.12. The first-order valence-electron chi connectivity index (χ1n) is 7.49. The van der Waals surface area contributed by atoms with E-state index >= 15 is 0 Å². The third-order valence-electron chi connectivity index (χ3n) is 3.99. The van der Waals surface area contributed by atoms with Gasteiger partial charge in [-0.15, -0.1) is 0 Å². The largest absolute Gasteiger partial charge is 0.294 e. The summed E-state index contributed by atoms with van der Waals surface area (Å²) >= 11 is 0. The van der Waals surface area contributed by atoms with E-state index in [1.807, 2.05) is 12.3 Å². The Labute approximate surface area is 115 Å². The van der Waals surface area contributed by atoms with E-state index in [4.69, 9.17) is 0 Å². The summed E-state index contributed by atoms with van der Waals surface area (Å²) in [5.74, 6) is 0.176. The molecule has 0 atom stereocenters. The minimum atomic E-state index is 0.176. The number of aromatic nitrogens is 2. The van der Waals surface area contributed by atoms with Crippen molar-refractivity contribution in [2.45, 2.75) is 64.8 Å². The van der Waals surface area contributed by atoms with Gasteiger partial charge in [0.25, 0.3) is 0 Å². The Bertz CT molecular complexity index is 447. The molecule has 2 rings (SSSR count). The molecule has 19 heavy (non-hydrogen) atoms. The summed E-state index contributed by atoms with van der Waals surface area (Å²) in [6, 6.07) is 2.54. The Balaban J connectivity index is 1.96. The van der Waals surface area contributed by atoms with Crippen LogP contribution in [0.4, 0.5) is 0 Å². The molecule has 3 nitrogen and oxygen atoms in total. The van der Waals surface area contributed by atoms with Gasteiger partial charge in [0.05, 0.1) is 18.2 Å². The highest BCUT2D eigenvalue weighted by atomic mass is 16.1. The second kappa shape index (κ2) is 6.69. The zero-order valence-electron chi connectivity index (χ0n) is 12.1. The Hall–Kier alpha value is -1.38. The fourth-order valence-electron chi connectivity index (χ4n) is 2.76. The lowest BCUT2D eigenvalue weighted by atomic mass is 10.1. The maximum Gasteiger partial charge on any atom is 0.161 e. The number of carbonyl (C=O) groups excluding carboxylic acids is 1. The van der Waals surface area contributed by atoms with E-state index in [2.05, 4.69) is 23.6 Å². The van der Waals surface area contributed by atoms with Crippen LogP contribution in [-0.4, -0.2) is 15.6 Å². The maximum atomic E-state index is 11.9. The van der Waals surface area contributed by atoms with E-state index in [0.29, 0.717) is 12.5 Å². The van der Waals surface area contributed by atoms with Crippen molar-refractivity contribution in [3.63, 3.8) is 0 Å². The molecule has 1 fully saturated rings. The third-order valence-corrected chi connectivity index (χ3v) is 3.99. The lowest BCUT2D eigenvalue weighted by Crippen LogP contribution is -2.07. The molecule has 1 aliphatic rings. The molecule has 3 heteroatoms. The highest BCUT2D eigenvalue weighted by Crippen LogP contribution is 2.28. The topological polar surface area (TPSA) is 34.9 Å². The fraction of sp³-hybridized carbons (Fsp3) is 0.625. The standard InChI is InChI=1S/C16H24N2O/c1-3-13(4-2)11-16(19)12-14-9-10-18(17-14)15-7-5-6-8-15/h9-11,15H,3-8,12H2,1-2H3. The van der Waals surface area contributed by atoms with E-state index in [1.54, 1.807) is 6.08 Å². The minimum Gasteiger partial charge on any atom is -0.294 e. The van der Waals surface area contributed by atoms with Gasteiger partial charge in [0.1, 0.15) is 0 Å². The van der Waals surface area contributed by atoms with E-state index in [0.717, 1.165) is 18.5 Å². The molecule has 0 aliphatic heterocycles. The van der Waals surface area contributed by atoms with Crippen LogP contribution in [-0.2, 0) is 11.2 Å². The first-order valence-corrected chi connectivity index (χ1v) is 7.49. The quantitative estimate of drug-likeness (QED) is 0.728. The number of rotatable bonds is 6. The van der Waals surface area contributed by atoms with Crippen molar-refractivity contribution >= 4 is 5.78 Å². The smallest absolute Gasteiger partial charge is 0.161 e. The van der Waals surface area contributed by atoms with Crippen molar-refractivity contribution in [3.8, 4) is 0 Å². The maximum absolute atomic E-state index is 11.9. The predicted octanol–water partition coefficient (Wildman–Crippen LogP) is 3.86. The summed E-state index contributed by atoms with van der Waals surface area (Å²) in [7, 11) is 0. The van der Waals surface area contributed by atoms with Crippen molar-refractivity contribution < 1.29 is 4.79 Å². The average molecular weight is 260 g/mol. The Morgan fingerprint density at radius 1 is 1.37 bits per heavy atom. The fourth-order valence-corrected chi connectivity index (χ4v) is 2.76. The summed E-state index contributed by atoms with van der Waals surface area (Å²) in [4.78, 5) is 11.9. The van der Waals surface area contributed by atoms with Crippen LogP contribution in [0.1, 0.15) is 64.1 Å². The van der Waals surface area contributed by atoms with Crippen LogP contribution in [0.2, 0.25) is 0 Å². The van der Waals surface area contributed by atoms with Crippen LogP contribution < -0.4 is 0 Å². The number of hydrogen-bond acceptors (Lipinski definition) is 2. The SMILES string of the molecule is CCC(=CC(=O)Cc1ccn(C2CCCC2)n1)CC. The van der Waals surface area contributed by atoms with Crippen molar-refractivity contribution in [1.82, 2.24) is 9.78 Å². The molecule has 0 bridgehead atoms. The Morgan fingerprint density at radius 2 is 2.05 bits per heavy atom. The van der Waals surface area contributed by atoms with Gasteiger partial charge in [0.2, 0.25) is 0 Å². The molecule has 1 saturated carbocycles. The highest BCUT2D eigenvalue weighted by Gasteiger charge is 2.17. The van der Waals surface area contributed by atoms with Gasteiger partial charge < -0.3 is 0 Å². The summed E-state index contributed by atoms with van der Waals surface area (Å²) in [6.07, 6.45) is 11.2. The van der Waals surface area contributed by atoms with E-state index < -0.39 is 0 Å². The molecule has 0 radical (unpaired) electrons. The Morgan fingerprint density at radius 3 is 2.68 bits per heavy atom. The average Bonchev–Trinajstić information content (AvgIpc) is 3.06. The molecule has 0 spiro atoms. The number of nitrogens with zero attached hydrogens (tertiary/aromatic N) is 2. The van der Waals surface area contributed by atoms with Gasteiger partial charge in [-0.05, 0) is 37.8 Å². The van der Waals surface area contributed by atoms with Crippen molar-refractivity contribution in [2.75, 3.05) is 0 Å². The van der Waals surface area contributed by atoms with E-state index in [-0.39, 0.29) is 5.78 Å². The monoisotopic (exact) mass is 260 g/mol. The van der Waals surface area contributed by atoms with Crippen LogP contribution in [0.25, 0.3) is 0 Å². The Kier molecular flexibility index (Phi) is 4.94. The zero-order valence-corrected chi connectivity index (χ0v) is 12.1. The van der Waals surface area contributed by atoms with Crippen LogP contribution in [0.15, 0.2) is 23.9 Å². The number of ketones is 1. The lowest BCUT2D eigenvalue weighted by Gasteiger charge is -2.08. The second-order valence-electron chi connectivity index (χ2n) is 5.38. The number of hydrogen-bond donors (Lipinski definition) is 0. The zero-order chi connectivity index (χ0) is 13.7. The summed E-state index contributed by atoms with van der Waals surface area (Å²) in [6.45, 7) is 4.19. The van der Waals surface area contributed by atoms with Crippen LogP contribution >= 0.6 is 0 Å². The van der Waals surface area contributed by atoms with Crippen LogP contribution in [0, 0.1) is 0 Å². The molecule has 104 valence electrons. The van der Waals surface area contributed by atoms with Gasteiger partial charge in [0.15, 0.2) is 5.78 Å². The molecular formula is C16H24N2O. The van der Waals surface area contributed by atoms with E-state index in [1.165, 1.54) is 31.3 Å². The van der Waals surface area contributed by atoms with E-state index in [9.17, 15) is 4.79 Å². The third kappa shape index (κ3) is 3.79. The van der Waals surface area contributed by atoms with Gasteiger partial charge in [-0.3, -0.25) is 9.48 Å². The number of carbonyl (C=O) groups is 1. The van der Waals surface area contributed by atoms with Crippen LogP contribution in [0.5, 0.6) is 0 Å². The summed E-state index contributed by atoms with van der Waals surface area (Å²) in [5, 5.41) is 4.56. The first-order chi connectivity index (χ1) is 9.22. The molecular weight excluding hydrogens is 236 g/mol. The normalized spacial score (nSPS) is 15.7. The van der Waals surface area contributed by atoms with Gasteiger partial charge in [-0.2, -0.15) is 5.10 Å². The first kappa shape index (κ1) is 14.0. The van der Waals surface area contributed by atoms with Gasteiger partial charge in [0, 0.05) is 6.20 Å². The predicted molar refractivity (Wildman–Crippen MR) is 77.1 cm³/mol. The molecule has 0 amide bonds. The summed E-state index contributed by atoms with van der Waals surface area (Å²) < 4.78 is 2.06. The molecule has 0 N–H and O–H groups in total. The van der Waals surface area contributed by atoms with Gasteiger partial charge >= 0.3 is 0 Å². The second-order valence-corrected chi connectivity index (χ2v) is 5.38. The molecule has 0 saturated heterocycles. The molecule has 1 aliphatic carbocycles. The van der Waals surface area contributed by atoms with Crippen molar-refractivity contribution in [3.05, 3.63) is 29.6 Å². The highest BCUT2D eigenvalue weighted by molar-refractivity contribution is 5.91. The van der Waals surface area contributed by atoms with Crippen molar-refractivity contribution in [1.29, 1.82) is 0 Å². The van der Waals surface area contributed by atoms with Crippen molar-refractivity contribution in [2.24, 2.45) is 0 Å². The lowest BCUT2D eigenvalue weighted by molar-refractivity contribution is -0.114.